The summed E-state index contributed by atoms with van der Waals surface area (Å²) in [5, 5.41) is 10.5. The SMILES string of the molecule is CC1CC=C(c2cc(C3CCNCC3)ccc2C(N)=O)CC1.O=C(O)C(F)(F)F. The Kier molecular flexibility index (Phi) is 7.84. The number of allylic oxidation sites excluding steroid dienone is 2. The van der Waals surface area contributed by atoms with E-state index in [4.69, 9.17) is 15.6 Å². The number of nitrogens with one attached hydrogen (secondary N) is 1. The molecule has 0 aromatic heterocycles. The molecule has 29 heavy (non-hydrogen) atoms. The van der Waals surface area contributed by atoms with Crippen LogP contribution in [-0.4, -0.2) is 36.2 Å². The van der Waals surface area contributed by atoms with Crippen molar-refractivity contribution in [3.05, 3.63) is 41.0 Å². The molecule has 4 N–H and O–H groups in total. The summed E-state index contributed by atoms with van der Waals surface area (Å²) >= 11 is 0. The zero-order valence-corrected chi connectivity index (χ0v) is 16.4. The van der Waals surface area contributed by atoms with Crippen molar-refractivity contribution in [2.75, 3.05) is 13.1 Å². The van der Waals surface area contributed by atoms with Crippen LogP contribution in [0.5, 0.6) is 0 Å². The zero-order valence-electron chi connectivity index (χ0n) is 16.4. The van der Waals surface area contributed by atoms with Crippen LogP contribution in [-0.2, 0) is 4.79 Å². The average Bonchev–Trinajstić information content (AvgIpc) is 2.68. The Hall–Kier alpha value is -2.35. The maximum Gasteiger partial charge on any atom is 0.490 e. The standard InChI is InChI=1S/C19H26N2O.C2HF3O2/c1-13-2-4-15(5-3-13)18-12-16(6-7-17(18)19(20)22)14-8-10-21-11-9-14;3-2(4,5)1(6)7/h4,6-7,12-14,21H,2-3,5,8-11H2,1H3,(H2,20,22);(H,6,7). The average molecular weight is 412 g/mol. The molecule has 5 nitrogen and oxygen atoms in total. The Labute approximate surface area is 168 Å². The van der Waals surface area contributed by atoms with Crippen molar-refractivity contribution in [3.63, 3.8) is 0 Å². The minimum atomic E-state index is -5.08. The van der Waals surface area contributed by atoms with Crippen LogP contribution in [0, 0.1) is 5.92 Å². The Balaban J connectivity index is 0.000000370. The predicted molar refractivity (Wildman–Crippen MR) is 104 cm³/mol. The van der Waals surface area contributed by atoms with Gasteiger partial charge in [-0.3, -0.25) is 4.79 Å². The van der Waals surface area contributed by atoms with Crippen molar-refractivity contribution < 1.29 is 27.9 Å². The molecule has 2 aliphatic rings. The van der Waals surface area contributed by atoms with Crippen LogP contribution >= 0.6 is 0 Å². The first-order valence-corrected chi connectivity index (χ1v) is 9.73. The Morgan fingerprint density at radius 2 is 1.79 bits per heavy atom. The summed E-state index contributed by atoms with van der Waals surface area (Å²) in [6.07, 6.45) is 2.92. The summed E-state index contributed by atoms with van der Waals surface area (Å²) in [7, 11) is 0. The highest BCUT2D eigenvalue weighted by Crippen LogP contribution is 2.34. The van der Waals surface area contributed by atoms with Gasteiger partial charge < -0.3 is 16.2 Å². The monoisotopic (exact) mass is 412 g/mol. The lowest BCUT2D eigenvalue weighted by atomic mass is 9.82. The minimum absolute atomic E-state index is 0.314. The Morgan fingerprint density at radius 3 is 2.28 bits per heavy atom. The smallest absolute Gasteiger partial charge is 0.475 e. The summed E-state index contributed by atoms with van der Waals surface area (Å²) in [5.74, 6) is -1.72. The number of rotatable bonds is 3. The molecule has 1 atom stereocenters. The van der Waals surface area contributed by atoms with Crippen LogP contribution in [0.2, 0.25) is 0 Å². The lowest BCUT2D eigenvalue weighted by molar-refractivity contribution is -0.192. The minimum Gasteiger partial charge on any atom is -0.475 e. The number of benzene rings is 1. The molecule has 0 saturated carbocycles. The third kappa shape index (κ3) is 6.59. The topological polar surface area (TPSA) is 92.4 Å². The number of carbonyl (C=O) groups is 2. The number of aliphatic carboxylic acids is 1. The van der Waals surface area contributed by atoms with E-state index in [1.54, 1.807) is 0 Å². The van der Waals surface area contributed by atoms with E-state index in [0.717, 1.165) is 37.4 Å². The number of carboxylic acid groups (broad SMARTS) is 1. The fourth-order valence-corrected chi connectivity index (χ4v) is 3.66. The molecule has 8 heteroatoms. The summed E-state index contributed by atoms with van der Waals surface area (Å²) in [5.41, 5.74) is 10.0. The van der Waals surface area contributed by atoms with Crippen molar-refractivity contribution in [1.29, 1.82) is 0 Å². The van der Waals surface area contributed by atoms with Gasteiger partial charge in [-0.1, -0.05) is 25.1 Å². The zero-order chi connectivity index (χ0) is 21.6. The quantitative estimate of drug-likeness (QED) is 0.697. The summed E-state index contributed by atoms with van der Waals surface area (Å²) in [4.78, 5) is 20.7. The van der Waals surface area contributed by atoms with Crippen molar-refractivity contribution in [2.24, 2.45) is 11.7 Å². The van der Waals surface area contributed by atoms with E-state index in [0.29, 0.717) is 11.5 Å². The molecule has 3 rings (SSSR count). The highest BCUT2D eigenvalue weighted by Gasteiger charge is 2.38. The fourth-order valence-electron chi connectivity index (χ4n) is 3.66. The van der Waals surface area contributed by atoms with Crippen molar-refractivity contribution >= 4 is 17.4 Å². The van der Waals surface area contributed by atoms with Gasteiger partial charge in [0.25, 0.3) is 0 Å². The molecule has 1 aliphatic heterocycles. The highest BCUT2D eigenvalue weighted by molar-refractivity contribution is 5.98. The molecular weight excluding hydrogens is 385 g/mol. The first-order valence-electron chi connectivity index (χ1n) is 9.73. The molecule has 0 radical (unpaired) electrons. The Morgan fingerprint density at radius 1 is 1.17 bits per heavy atom. The first kappa shape index (κ1) is 22.9. The number of carboxylic acids is 1. The molecule has 1 aromatic rings. The maximum atomic E-state index is 11.8. The lowest BCUT2D eigenvalue weighted by Gasteiger charge is -2.25. The third-order valence-electron chi connectivity index (χ3n) is 5.38. The normalized spacial score (nSPS) is 20.3. The number of alkyl halides is 3. The van der Waals surface area contributed by atoms with Gasteiger partial charge >= 0.3 is 12.1 Å². The molecule has 0 spiro atoms. The van der Waals surface area contributed by atoms with E-state index in [1.807, 2.05) is 6.07 Å². The van der Waals surface area contributed by atoms with E-state index in [1.165, 1.54) is 30.4 Å². The number of nitrogens with two attached hydrogens (primary N) is 1. The van der Waals surface area contributed by atoms with E-state index in [9.17, 15) is 18.0 Å². The van der Waals surface area contributed by atoms with Crippen LogP contribution in [0.1, 0.15) is 66.4 Å². The summed E-state index contributed by atoms with van der Waals surface area (Å²) in [6.45, 7) is 4.45. The molecule has 1 heterocycles. The first-order chi connectivity index (χ1) is 13.6. The van der Waals surface area contributed by atoms with Crippen LogP contribution in [0.25, 0.3) is 5.57 Å². The number of hydrogen-bond donors (Lipinski definition) is 3. The maximum absolute atomic E-state index is 11.8. The largest absolute Gasteiger partial charge is 0.490 e. The van der Waals surface area contributed by atoms with Gasteiger partial charge in [0.1, 0.15) is 0 Å². The number of hydrogen-bond acceptors (Lipinski definition) is 3. The molecule has 0 bridgehead atoms. The van der Waals surface area contributed by atoms with E-state index >= 15 is 0 Å². The molecule has 1 amide bonds. The molecule has 1 saturated heterocycles. The van der Waals surface area contributed by atoms with Gasteiger partial charge in [0.2, 0.25) is 5.91 Å². The number of piperidine rings is 1. The van der Waals surface area contributed by atoms with Gasteiger partial charge in [-0.05, 0) is 79.8 Å². The van der Waals surface area contributed by atoms with Crippen LogP contribution < -0.4 is 11.1 Å². The van der Waals surface area contributed by atoms with Crippen molar-refractivity contribution in [2.45, 2.75) is 51.1 Å². The molecule has 1 aliphatic carbocycles. The van der Waals surface area contributed by atoms with Crippen LogP contribution in [0.15, 0.2) is 24.3 Å². The molecule has 1 fully saturated rings. The van der Waals surface area contributed by atoms with Gasteiger partial charge in [-0.2, -0.15) is 13.2 Å². The number of primary amides is 1. The van der Waals surface area contributed by atoms with Crippen LogP contribution in [0.4, 0.5) is 13.2 Å². The van der Waals surface area contributed by atoms with Gasteiger partial charge in [0, 0.05) is 5.56 Å². The van der Waals surface area contributed by atoms with E-state index in [-0.39, 0.29) is 5.91 Å². The fraction of sp³-hybridized carbons (Fsp3) is 0.524. The third-order valence-corrected chi connectivity index (χ3v) is 5.38. The van der Waals surface area contributed by atoms with Gasteiger partial charge in [0.05, 0.1) is 0 Å². The second-order valence-corrected chi connectivity index (χ2v) is 7.61. The lowest BCUT2D eigenvalue weighted by Crippen LogP contribution is -2.26. The number of carbonyl (C=O) groups excluding carboxylic acids is 1. The van der Waals surface area contributed by atoms with Gasteiger partial charge in [-0.15, -0.1) is 0 Å². The molecule has 1 unspecified atom stereocenters. The van der Waals surface area contributed by atoms with Crippen LogP contribution in [0.3, 0.4) is 0 Å². The number of halogens is 3. The van der Waals surface area contributed by atoms with Gasteiger partial charge in [0.15, 0.2) is 0 Å². The molecular formula is C21H27F3N2O3. The van der Waals surface area contributed by atoms with Crippen molar-refractivity contribution in [3.8, 4) is 0 Å². The Bertz CT molecular complexity index is 769. The molecule has 1 aromatic carbocycles. The second-order valence-electron chi connectivity index (χ2n) is 7.61. The predicted octanol–water partition coefficient (Wildman–Crippen LogP) is 4.09. The molecule has 160 valence electrons. The van der Waals surface area contributed by atoms with Gasteiger partial charge in [-0.25, -0.2) is 4.79 Å². The van der Waals surface area contributed by atoms with Crippen molar-refractivity contribution in [1.82, 2.24) is 5.32 Å². The van der Waals surface area contributed by atoms with E-state index < -0.39 is 12.1 Å². The second kappa shape index (κ2) is 9.91. The summed E-state index contributed by atoms with van der Waals surface area (Å²) < 4.78 is 31.7. The number of amides is 1. The van der Waals surface area contributed by atoms with E-state index in [2.05, 4.69) is 30.4 Å². The highest BCUT2D eigenvalue weighted by atomic mass is 19.4. The summed E-state index contributed by atoms with van der Waals surface area (Å²) in [6, 6.07) is 6.28.